The fourth-order valence-electron chi connectivity index (χ4n) is 5.73. The lowest BCUT2D eigenvalue weighted by Crippen LogP contribution is -2.53. The van der Waals surface area contributed by atoms with Gasteiger partial charge in [-0.15, -0.1) is 0 Å². The van der Waals surface area contributed by atoms with Crippen molar-refractivity contribution >= 4 is 23.3 Å². The molecule has 1 aromatic carbocycles. The number of likely N-dealkylation sites (tertiary alicyclic amines) is 1. The molecular formula is C27H32F3N5O2. The van der Waals surface area contributed by atoms with E-state index in [-0.39, 0.29) is 17.0 Å². The maximum absolute atomic E-state index is 13.2. The first-order chi connectivity index (χ1) is 17.7. The standard InChI is InChI=1S/C27H32F3N5O2/c28-27(29,30)23-11-8-20(17-31-23)32-25(37)33-22-5-3-16-35(24(22)36)21-9-6-19(7-10-21)26(12-4-13-26)18-34-14-1-2-15-34/h6-11,17,22H,1-5,12-16,18H2,(H2,32,33,37)/t22-/m0/s1. The molecule has 7 nitrogen and oxygen atoms in total. The van der Waals surface area contributed by atoms with Crippen molar-refractivity contribution in [2.45, 2.75) is 62.6 Å². The third-order valence-electron chi connectivity index (χ3n) is 7.88. The average molecular weight is 516 g/mol. The molecule has 37 heavy (non-hydrogen) atoms. The highest BCUT2D eigenvalue weighted by molar-refractivity contribution is 6.01. The molecule has 3 fully saturated rings. The van der Waals surface area contributed by atoms with Gasteiger partial charge in [0.15, 0.2) is 0 Å². The maximum atomic E-state index is 13.2. The highest BCUT2D eigenvalue weighted by Crippen LogP contribution is 2.45. The summed E-state index contributed by atoms with van der Waals surface area (Å²) in [7, 11) is 0. The van der Waals surface area contributed by atoms with Crippen LogP contribution in [-0.2, 0) is 16.4 Å². The summed E-state index contributed by atoms with van der Waals surface area (Å²) in [5.74, 6) is -0.199. The Labute approximate surface area is 214 Å². The second-order valence-corrected chi connectivity index (χ2v) is 10.4. The fraction of sp³-hybridized carbons (Fsp3) is 0.519. The SMILES string of the molecule is O=C(Nc1ccc(C(F)(F)F)nc1)N[C@H]1CCCN(c2ccc(C3(CN4CCCC4)CCC3)cc2)C1=O. The highest BCUT2D eigenvalue weighted by atomic mass is 19.4. The summed E-state index contributed by atoms with van der Waals surface area (Å²) in [6.07, 6.45) is 3.80. The van der Waals surface area contributed by atoms with E-state index in [4.69, 9.17) is 0 Å². The monoisotopic (exact) mass is 515 g/mol. The van der Waals surface area contributed by atoms with Crippen molar-refractivity contribution in [3.63, 3.8) is 0 Å². The number of urea groups is 1. The number of nitrogens with zero attached hydrogens (tertiary/aromatic N) is 3. The van der Waals surface area contributed by atoms with Gasteiger partial charge in [0.05, 0.1) is 11.9 Å². The average Bonchev–Trinajstić information content (AvgIpc) is 3.36. The largest absolute Gasteiger partial charge is 0.433 e. The number of pyridine rings is 1. The molecule has 3 aliphatic rings. The number of nitrogens with one attached hydrogen (secondary N) is 2. The predicted molar refractivity (Wildman–Crippen MR) is 134 cm³/mol. The van der Waals surface area contributed by atoms with Crippen molar-refractivity contribution in [2.75, 3.05) is 36.4 Å². The van der Waals surface area contributed by atoms with E-state index in [9.17, 15) is 22.8 Å². The van der Waals surface area contributed by atoms with E-state index < -0.39 is 23.9 Å². The number of piperidine rings is 1. The quantitative estimate of drug-likeness (QED) is 0.572. The van der Waals surface area contributed by atoms with E-state index in [0.29, 0.717) is 13.0 Å². The van der Waals surface area contributed by atoms with Crippen LogP contribution in [0.2, 0.25) is 0 Å². The number of benzene rings is 1. The molecule has 10 heteroatoms. The first-order valence-electron chi connectivity index (χ1n) is 13.0. The molecule has 0 unspecified atom stereocenters. The second-order valence-electron chi connectivity index (χ2n) is 10.4. The van der Waals surface area contributed by atoms with Gasteiger partial charge in [-0.25, -0.2) is 9.78 Å². The van der Waals surface area contributed by atoms with Crippen LogP contribution in [0.4, 0.5) is 29.3 Å². The molecule has 0 radical (unpaired) electrons. The number of rotatable bonds is 6. The van der Waals surface area contributed by atoms with Crippen molar-refractivity contribution in [3.05, 3.63) is 53.9 Å². The van der Waals surface area contributed by atoms with Gasteiger partial charge in [-0.05, 0) is 81.4 Å². The Morgan fingerprint density at radius 3 is 2.32 bits per heavy atom. The number of hydrogen-bond donors (Lipinski definition) is 2. The topological polar surface area (TPSA) is 77.6 Å². The highest BCUT2D eigenvalue weighted by Gasteiger charge is 2.40. The number of alkyl halides is 3. The van der Waals surface area contributed by atoms with E-state index in [0.717, 1.165) is 37.0 Å². The molecule has 1 aromatic heterocycles. The molecule has 198 valence electrons. The molecule has 3 heterocycles. The Hall–Kier alpha value is -3.14. The summed E-state index contributed by atoms with van der Waals surface area (Å²) >= 11 is 0. The number of halogens is 3. The molecule has 1 aliphatic carbocycles. The van der Waals surface area contributed by atoms with Crippen molar-refractivity contribution in [1.29, 1.82) is 0 Å². The van der Waals surface area contributed by atoms with E-state index in [2.05, 4.69) is 32.7 Å². The maximum Gasteiger partial charge on any atom is 0.433 e. The first kappa shape index (κ1) is 25.5. The normalized spacial score (nSPS) is 22.0. The zero-order chi connectivity index (χ0) is 26.0. The fourth-order valence-corrected chi connectivity index (χ4v) is 5.73. The summed E-state index contributed by atoms with van der Waals surface area (Å²) in [6.45, 7) is 4.03. The number of amides is 3. The number of anilines is 2. The number of carbonyl (C=O) groups excluding carboxylic acids is 2. The van der Waals surface area contributed by atoms with Gasteiger partial charge in [0, 0.05) is 24.2 Å². The molecule has 1 saturated carbocycles. The van der Waals surface area contributed by atoms with E-state index in [1.54, 1.807) is 4.90 Å². The summed E-state index contributed by atoms with van der Waals surface area (Å²) in [5.41, 5.74) is 1.42. The Kier molecular flexibility index (Phi) is 7.11. The van der Waals surface area contributed by atoms with Crippen LogP contribution < -0.4 is 15.5 Å². The summed E-state index contributed by atoms with van der Waals surface area (Å²) in [5, 5.41) is 5.11. The predicted octanol–water partition coefficient (Wildman–Crippen LogP) is 4.94. The summed E-state index contributed by atoms with van der Waals surface area (Å²) < 4.78 is 38.1. The number of aromatic nitrogens is 1. The van der Waals surface area contributed by atoms with Gasteiger partial charge in [-0.1, -0.05) is 18.6 Å². The zero-order valence-electron chi connectivity index (χ0n) is 20.7. The smallest absolute Gasteiger partial charge is 0.326 e. The molecule has 0 bridgehead atoms. The Balaban J connectivity index is 1.20. The van der Waals surface area contributed by atoms with Crippen LogP contribution in [0.15, 0.2) is 42.6 Å². The first-order valence-corrected chi connectivity index (χ1v) is 13.0. The van der Waals surface area contributed by atoms with E-state index in [1.165, 1.54) is 50.8 Å². The van der Waals surface area contributed by atoms with Crippen molar-refractivity contribution in [2.24, 2.45) is 0 Å². The van der Waals surface area contributed by atoms with Crippen molar-refractivity contribution in [3.8, 4) is 0 Å². The summed E-state index contributed by atoms with van der Waals surface area (Å²) in [6, 6.07) is 8.87. The van der Waals surface area contributed by atoms with Gasteiger partial charge in [0.2, 0.25) is 5.91 Å². The van der Waals surface area contributed by atoms with Gasteiger partial charge in [-0.3, -0.25) is 4.79 Å². The Morgan fingerprint density at radius 2 is 1.73 bits per heavy atom. The van der Waals surface area contributed by atoms with Gasteiger partial charge >= 0.3 is 12.2 Å². The molecule has 2 N–H and O–H groups in total. The zero-order valence-corrected chi connectivity index (χ0v) is 20.7. The minimum atomic E-state index is -4.55. The molecule has 1 atom stereocenters. The van der Waals surface area contributed by atoms with Crippen LogP contribution in [0, 0.1) is 0 Å². The minimum absolute atomic E-state index is 0.111. The van der Waals surface area contributed by atoms with E-state index >= 15 is 0 Å². The van der Waals surface area contributed by atoms with E-state index in [1.807, 2.05) is 12.1 Å². The van der Waals surface area contributed by atoms with Gasteiger partial charge < -0.3 is 20.4 Å². The second kappa shape index (κ2) is 10.3. The Bertz CT molecular complexity index is 1110. The third kappa shape index (κ3) is 5.58. The van der Waals surface area contributed by atoms with Gasteiger partial charge in [0.25, 0.3) is 0 Å². The van der Waals surface area contributed by atoms with Gasteiger partial charge in [0.1, 0.15) is 11.7 Å². The molecule has 2 aliphatic heterocycles. The molecule has 0 spiro atoms. The molecule has 5 rings (SSSR count). The lowest BCUT2D eigenvalue weighted by molar-refractivity contribution is -0.141. The molecular weight excluding hydrogens is 483 g/mol. The van der Waals surface area contributed by atoms with Crippen LogP contribution >= 0.6 is 0 Å². The van der Waals surface area contributed by atoms with Gasteiger partial charge in [-0.2, -0.15) is 13.2 Å². The van der Waals surface area contributed by atoms with Crippen LogP contribution in [0.25, 0.3) is 0 Å². The van der Waals surface area contributed by atoms with Crippen LogP contribution in [0.5, 0.6) is 0 Å². The van der Waals surface area contributed by atoms with Crippen molar-refractivity contribution in [1.82, 2.24) is 15.2 Å². The third-order valence-corrected chi connectivity index (χ3v) is 7.88. The molecule has 2 aromatic rings. The molecule has 3 amide bonds. The lowest BCUT2D eigenvalue weighted by Gasteiger charge is -2.45. The number of carbonyl (C=O) groups is 2. The number of hydrogen-bond acceptors (Lipinski definition) is 4. The van der Waals surface area contributed by atoms with Crippen LogP contribution in [0.3, 0.4) is 0 Å². The van der Waals surface area contributed by atoms with Crippen LogP contribution in [-0.4, -0.2) is 54.0 Å². The lowest BCUT2D eigenvalue weighted by atomic mass is 9.64. The minimum Gasteiger partial charge on any atom is -0.326 e. The van der Waals surface area contributed by atoms with Crippen molar-refractivity contribution < 1.29 is 22.8 Å². The summed E-state index contributed by atoms with van der Waals surface area (Å²) in [4.78, 5) is 33.2. The Morgan fingerprint density at radius 1 is 1.00 bits per heavy atom. The molecule has 2 saturated heterocycles. The van der Waals surface area contributed by atoms with Crippen LogP contribution in [0.1, 0.15) is 56.2 Å².